The number of carbonyl (C=O) groups is 1. The van der Waals surface area contributed by atoms with Gasteiger partial charge in [-0.05, 0) is 6.07 Å². The fourth-order valence-electron chi connectivity index (χ4n) is 1.40. The first-order chi connectivity index (χ1) is 9.47. The first-order valence-corrected chi connectivity index (χ1v) is 7.31. The Labute approximate surface area is 126 Å². The molecular weight excluding hydrogens is 324 g/mol. The second kappa shape index (κ2) is 6.21. The molecule has 1 heterocycles. The highest BCUT2D eigenvalue weighted by molar-refractivity contribution is 8.01. The SMILES string of the molecule is O=C(O)Cc1csc(Sc2c(Cl)cccc2[N+](=O)[O-])n1. The lowest BCUT2D eigenvalue weighted by Gasteiger charge is -2.02. The molecule has 2 aromatic rings. The molecule has 0 saturated carbocycles. The van der Waals surface area contributed by atoms with Gasteiger partial charge in [-0.3, -0.25) is 14.9 Å². The first-order valence-electron chi connectivity index (χ1n) is 5.24. The molecule has 2 rings (SSSR count). The number of hydrogen-bond acceptors (Lipinski definition) is 6. The van der Waals surface area contributed by atoms with Crippen molar-refractivity contribution in [3.8, 4) is 0 Å². The van der Waals surface area contributed by atoms with Crippen molar-refractivity contribution in [1.29, 1.82) is 0 Å². The van der Waals surface area contributed by atoms with Gasteiger partial charge >= 0.3 is 5.97 Å². The lowest BCUT2D eigenvalue weighted by Crippen LogP contribution is -1.99. The van der Waals surface area contributed by atoms with E-state index in [0.29, 0.717) is 14.9 Å². The second-order valence-corrected chi connectivity index (χ2v) is 6.15. The first kappa shape index (κ1) is 14.8. The molecule has 0 unspecified atom stereocenters. The summed E-state index contributed by atoms with van der Waals surface area (Å²) in [6.45, 7) is 0. The number of nitrogens with zero attached hydrogens (tertiary/aromatic N) is 2. The summed E-state index contributed by atoms with van der Waals surface area (Å²) in [7, 11) is 0. The quantitative estimate of drug-likeness (QED) is 0.666. The highest BCUT2D eigenvalue weighted by atomic mass is 35.5. The van der Waals surface area contributed by atoms with E-state index in [1.807, 2.05) is 0 Å². The van der Waals surface area contributed by atoms with Crippen LogP contribution in [0.3, 0.4) is 0 Å². The summed E-state index contributed by atoms with van der Waals surface area (Å²) < 4.78 is 0.512. The lowest BCUT2D eigenvalue weighted by atomic mass is 10.3. The van der Waals surface area contributed by atoms with Gasteiger partial charge < -0.3 is 5.11 Å². The van der Waals surface area contributed by atoms with Crippen LogP contribution in [0.4, 0.5) is 5.69 Å². The average Bonchev–Trinajstić information content (AvgIpc) is 2.78. The lowest BCUT2D eigenvalue weighted by molar-refractivity contribution is -0.387. The number of thiazole rings is 1. The maximum Gasteiger partial charge on any atom is 0.309 e. The zero-order valence-corrected chi connectivity index (χ0v) is 12.2. The number of nitro groups is 1. The molecule has 9 heteroatoms. The summed E-state index contributed by atoms with van der Waals surface area (Å²) in [6.07, 6.45) is -0.179. The van der Waals surface area contributed by atoms with Gasteiger partial charge in [-0.25, -0.2) is 4.98 Å². The van der Waals surface area contributed by atoms with Crippen molar-refractivity contribution < 1.29 is 14.8 Å². The van der Waals surface area contributed by atoms with Crippen LogP contribution >= 0.6 is 34.7 Å². The second-order valence-electron chi connectivity index (χ2n) is 3.62. The van der Waals surface area contributed by atoms with E-state index in [1.54, 1.807) is 11.4 Å². The van der Waals surface area contributed by atoms with Crippen molar-refractivity contribution in [2.45, 2.75) is 15.7 Å². The van der Waals surface area contributed by atoms with Gasteiger partial charge in [-0.1, -0.05) is 29.4 Å². The van der Waals surface area contributed by atoms with E-state index >= 15 is 0 Å². The monoisotopic (exact) mass is 330 g/mol. The molecule has 1 N–H and O–H groups in total. The van der Waals surface area contributed by atoms with Crippen LogP contribution in [0.1, 0.15) is 5.69 Å². The van der Waals surface area contributed by atoms with Gasteiger partial charge in [0.25, 0.3) is 5.69 Å². The van der Waals surface area contributed by atoms with Gasteiger partial charge in [0.05, 0.1) is 22.1 Å². The minimum atomic E-state index is -0.976. The zero-order chi connectivity index (χ0) is 14.7. The molecule has 0 atom stereocenters. The van der Waals surface area contributed by atoms with E-state index in [2.05, 4.69) is 4.98 Å². The van der Waals surface area contributed by atoms with Crippen LogP contribution in [0.15, 0.2) is 32.8 Å². The Bertz CT molecular complexity index is 674. The Balaban J connectivity index is 2.28. The van der Waals surface area contributed by atoms with Gasteiger partial charge in [-0.15, -0.1) is 11.3 Å². The van der Waals surface area contributed by atoms with Crippen molar-refractivity contribution in [3.05, 3.63) is 44.4 Å². The molecule has 0 fully saturated rings. The molecule has 0 amide bonds. The molecule has 0 radical (unpaired) electrons. The minimum Gasteiger partial charge on any atom is -0.481 e. The number of carboxylic acids is 1. The Hall–Kier alpha value is -1.64. The largest absolute Gasteiger partial charge is 0.481 e. The molecule has 20 heavy (non-hydrogen) atoms. The fourth-order valence-corrected chi connectivity index (χ4v) is 3.57. The minimum absolute atomic E-state index is 0.0996. The van der Waals surface area contributed by atoms with Crippen LogP contribution < -0.4 is 0 Å². The number of nitro benzene ring substituents is 1. The third-order valence-corrected chi connectivity index (χ3v) is 4.74. The van der Waals surface area contributed by atoms with Crippen molar-refractivity contribution in [3.63, 3.8) is 0 Å². The average molecular weight is 331 g/mol. The summed E-state index contributed by atoms with van der Waals surface area (Å²) in [5.74, 6) is -0.976. The molecule has 1 aromatic carbocycles. The van der Waals surface area contributed by atoms with Crippen LogP contribution in [-0.4, -0.2) is 21.0 Å². The predicted octanol–water partition coefficient (Wildman–Crippen LogP) is 3.48. The number of aromatic nitrogens is 1. The topological polar surface area (TPSA) is 93.3 Å². The smallest absolute Gasteiger partial charge is 0.309 e. The summed E-state index contributed by atoms with van der Waals surface area (Å²) in [4.78, 5) is 25.4. The fraction of sp³-hybridized carbons (Fsp3) is 0.0909. The van der Waals surface area contributed by atoms with Gasteiger partial charge in [0.15, 0.2) is 4.34 Å². The maximum absolute atomic E-state index is 11.0. The van der Waals surface area contributed by atoms with Crippen LogP contribution in [0.25, 0.3) is 0 Å². The number of carboxylic acid groups (broad SMARTS) is 1. The van der Waals surface area contributed by atoms with E-state index in [-0.39, 0.29) is 17.1 Å². The van der Waals surface area contributed by atoms with Crippen LogP contribution in [0.2, 0.25) is 5.02 Å². The molecule has 0 aliphatic rings. The molecule has 0 aliphatic heterocycles. The van der Waals surface area contributed by atoms with Crippen molar-refractivity contribution in [2.75, 3.05) is 0 Å². The highest BCUT2D eigenvalue weighted by Crippen LogP contribution is 2.40. The Morgan fingerprint density at radius 2 is 2.30 bits per heavy atom. The van der Waals surface area contributed by atoms with E-state index in [0.717, 1.165) is 11.8 Å². The Morgan fingerprint density at radius 3 is 2.95 bits per heavy atom. The number of halogens is 1. The third-order valence-electron chi connectivity index (χ3n) is 2.20. The molecule has 104 valence electrons. The predicted molar refractivity (Wildman–Crippen MR) is 75.7 cm³/mol. The zero-order valence-electron chi connectivity index (χ0n) is 9.78. The summed E-state index contributed by atoms with van der Waals surface area (Å²) in [6, 6.07) is 4.42. The maximum atomic E-state index is 11.0. The number of benzene rings is 1. The van der Waals surface area contributed by atoms with Crippen molar-refractivity contribution >= 4 is 46.4 Å². The molecule has 1 aromatic heterocycles. The van der Waals surface area contributed by atoms with E-state index < -0.39 is 10.9 Å². The molecule has 0 bridgehead atoms. The molecule has 0 saturated heterocycles. The Morgan fingerprint density at radius 1 is 1.55 bits per heavy atom. The number of rotatable bonds is 5. The molecular formula is C11H7ClN2O4S2. The normalized spacial score (nSPS) is 10.4. The van der Waals surface area contributed by atoms with E-state index in [9.17, 15) is 14.9 Å². The summed E-state index contributed by atoms with van der Waals surface area (Å²) in [5, 5.41) is 21.5. The standard InChI is InChI=1S/C11H7ClN2O4S2/c12-7-2-1-3-8(14(17)18)10(7)20-11-13-6(5-19-11)4-9(15)16/h1-3,5H,4H2,(H,15,16). The van der Waals surface area contributed by atoms with Gasteiger partial charge in [0.1, 0.15) is 4.90 Å². The van der Waals surface area contributed by atoms with Crippen molar-refractivity contribution in [1.82, 2.24) is 4.98 Å². The van der Waals surface area contributed by atoms with Crippen LogP contribution in [-0.2, 0) is 11.2 Å². The van der Waals surface area contributed by atoms with Gasteiger partial charge in [0, 0.05) is 11.4 Å². The van der Waals surface area contributed by atoms with Gasteiger partial charge in [-0.2, -0.15) is 0 Å². The van der Waals surface area contributed by atoms with E-state index in [4.69, 9.17) is 16.7 Å². The van der Waals surface area contributed by atoms with E-state index in [1.165, 1.54) is 23.5 Å². The Kier molecular flexibility index (Phi) is 4.58. The van der Waals surface area contributed by atoms with Crippen LogP contribution in [0.5, 0.6) is 0 Å². The summed E-state index contributed by atoms with van der Waals surface area (Å²) >= 11 is 8.25. The third kappa shape index (κ3) is 3.47. The molecule has 6 nitrogen and oxygen atoms in total. The van der Waals surface area contributed by atoms with Crippen molar-refractivity contribution in [2.24, 2.45) is 0 Å². The van der Waals surface area contributed by atoms with Crippen LogP contribution in [0, 0.1) is 10.1 Å². The molecule has 0 spiro atoms. The number of aliphatic carboxylic acids is 1. The summed E-state index contributed by atoms with van der Waals surface area (Å²) in [5.41, 5.74) is 0.317. The number of hydrogen-bond donors (Lipinski definition) is 1. The highest BCUT2D eigenvalue weighted by Gasteiger charge is 2.19. The van der Waals surface area contributed by atoms with Gasteiger partial charge in [0.2, 0.25) is 0 Å². The molecule has 0 aliphatic carbocycles.